The summed E-state index contributed by atoms with van der Waals surface area (Å²) < 4.78 is 5.40. The molecule has 4 heteroatoms. The van der Waals surface area contributed by atoms with Gasteiger partial charge in [0.15, 0.2) is 0 Å². The molecular weight excluding hydrogens is 328 g/mol. The maximum atomic E-state index is 11.5. The first-order valence-corrected chi connectivity index (χ1v) is 9.65. The minimum absolute atomic E-state index is 0.266. The highest BCUT2D eigenvalue weighted by Crippen LogP contribution is 2.25. The minimum atomic E-state index is -0.870. The van der Waals surface area contributed by atoms with Crippen LogP contribution in [0.4, 0.5) is 0 Å². The van der Waals surface area contributed by atoms with E-state index in [-0.39, 0.29) is 5.97 Å². The standard InChI is InChI=1S/C12H22O2.C10H18O2/c1-7-9(3)11(13)14-12(5,6)10(4)8-2;1-5-7(2)8(3)6-9(4)10(11)12/h10H,3,7-8H2,1-2,4-6H3;7-8H,4-6H2,1-3H3,(H,11,12). The summed E-state index contributed by atoms with van der Waals surface area (Å²) in [6.07, 6.45) is 3.34. The van der Waals surface area contributed by atoms with Gasteiger partial charge in [-0.05, 0) is 50.9 Å². The predicted molar refractivity (Wildman–Crippen MR) is 109 cm³/mol. The van der Waals surface area contributed by atoms with Crippen LogP contribution >= 0.6 is 0 Å². The molecule has 0 saturated carbocycles. The second-order valence-electron chi connectivity index (χ2n) is 7.74. The van der Waals surface area contributed by atoms with Crippen molar-refractivity contribution in [1.29, 1.82) is 0 Å². The number of hydrogen-bond acceptors (Lipinski definition) is 3. The van der Waals surface area contributed by atoms with Gasteiger partial charge in [-0.2, -0.15) is 0 Å². The average Bonchev–Trinajstić information content (AvgIpc) is 2.58. The normalized spacial score (nSPS) is 14.3. The van der Waals surface area contributed by atoms with E-state index >= 15 is 0 Å². The van der Waals surface area contributed by atoms with Gasteiger partial charge in [0.1, 0.15) is 5.60 Å². The number of carbonyl (C=O) groups excluding carboxylic acids is 1. The molecule has 3 atom stereocenters. The minimum Gasteiger partial charge on any atom is -0.478 e. The molecule has 0 radical (unpaired) electrons. The third-order valence-corrected chi connectivity index (χ3v) is 5.36. The van der Waals surface area contributed by atoms with Crippen LogP contribution in [0.3, 0.4) is 0 Å². The van der Waals surface area contributed by atoms with Crippen LogP contribution in [0.1, 0.15) is 81.1 Å². The average molecular weight is 369 g/mol. The van der Waals surface area contributed by atoms with E-state index in [1.807, 2.05) is 20.8 Å². The molecule has 1 N–H and O–H groups in total. The summed E-state index contributed by atoms with van der Waals surface area (Å²) in [7, 11) is 0. The van der Waals surface area contributed by atoms with Crippen molar-refractivity contribution in [2.75, 3.05) is 0 Å². The van der Waals surface area contributed by atoms with E-state index in [1.165, 1.54) is 0 Å². The highest BCUT2D eigenvalue weighted by Gasteiger charge is 2.29. The Morgan fingerprint density at radius 1 is 0.962 bits per heavy atom. The van der Waals surface area contributed by atoms with Crippen LogP contribution in [-0.4, -0.2) is 22.6 Å². The fourth-order valence-electron chi connectivity index (χ4n) is 2.13. The van der Waals surface area contributed by atoms with E-state index in [9.17, 15) is 9.59 Å². The monoisotopic (exact) mass is 368 g/mol. The third-order valence-electron chi connectivity index (χ3n) is 5.36. The number of ether oxygens (including phenoxy) is 1. The van der Waals surface area contributed by atoms with Crippen LogP contribution in [0.2, 0.25) is 0 Å². The number of aliphatic carboxylic acids is 1. The maximum Gasteiger partial charge on any atom is 0.333 e. The fraction of sp³-hybridized carbons (Fsp3) is 0.727. The zero-order valence-electron chi connectivity index (χ0n) is 18.1. The molecule has 0 bridgehead atoms. The van der Waals surface area contributed by atoms with Gasteiger partial charge in [0, 0.05) is 11.1 Å². The Morgan fingerprint density at radius 3 is 1.81 bits per heavy atom. The van der Waals surface area contributed by atoms with Gasteiger partial charge < -0.3 is 9.84 Å². The molecule has 0 aromatic heterocycles. The van der Waals surface area contributed by atoms with Gasteiger partial charge in [-0.25, -0.2) is 9.59 Å². The third kappa shape index (κ3) is 10.4. The molecule has 0 aliphatic rings. The summed E-state index contributed by atoms with van der Waals surface area (Å²) in [6, 6.07) is 0. The maximum absolute atomic E-state index is 11.5. The van der Waals surface area contributed by atoms with E-state index < -0.39 is 11.6 Å². The van der Waals surface area contributed by atoms with Gasteiger partial charge in [-0.15, -0.1) is 0 Å². The van der Waals surface area contributed by atoms with E-state index in [0.717, 1.165) is 12.8 Å². The lowest BCUT2D eigenvalue weighted by molar-refractivity contribution is -0.156. The Bertz CT molecular complexity index is 477. The fourth-order valence-corrected chi connectivity index (χ4v) is 2.13. The molecule has 3 unspecified atom stereocenters. The quantitative estimate of drug-likeness (QED) is 0.378. The molecule has 0 saturated heterocycles. The van der Waals surface area contributed by atoms with Gasteiger partial charge in [0.25, 0.3) is 0 Å². The summed E-state index contributed by atoms with van der Waals surface area (Å²) in [6.45, 7) is 23.5. The highest BCUT2D eigenvalue weighted by atomic mass is 16.6. The van der Waals surface area contributed by atoms with Crippen molar-refractivity contribution in [2.24, 2.45) is 17.8 Å². The molecule has 4 nitrogen and oxygen atoms in total. The number of hydrogen-bond donors (Lipinski definition) is 1. The Morgan fingerprint density at radius 2 is 1.46 bits per heavy atom. The van der Waals surface area contributed by atoms with Gasteiger partial charge in [-0.3, -0.25) is 0 Å². The highest BCUT2D eigenvalue weighted by molar-refractivity contribution is 5.87. The first kappa shape index (κ1) is 26.6. The number of carbonyl (C=O) groups is 2. The zero-order valence-corrected chi connectivity index (χ0v) is 18.1. The summed E-state index contributed by atoms with van der Waals surface area (Å²) >= 11 is 0. The van der Waals surface area contributed by atoms with E-state index in [4.69, 9.17) is 9.84 Å². The van der Waals surface area contributed by atoms with Crippen molar-refractivity contribution in [1.82, 2.24) is 0 Å². The molecule has 152 valence electrons. The van der Waals surface area contributed by atoms with E-state index in [1.54, 1.807) is 0 Å². The number of rotatable bonds is 10. The first-order chi connectivity index (χ1) is 11.8. The molecule has 0 aromatic rings. The second kappa shape index (κ2) is 12.7. The van der Waals surface area contributed by atoms with Gasteiger partial charge in [-0.1, -0.05) is 61.1 Å². The topological polar surface area (TPSA) is 63.6 Å². The Hall–Kier alpha value is -1.58. The smallest absolute Gasteiger partial charge is 0.333 e. The van der Waals surface area contributed by atoms with Crippen molar-refractivity contribution in [3.8, 4) is 0 Å². The molecule has 0 rings (SSSR count). The summed E-state index contributed by atoms with van der Waals surface area (Å²) in [5, 5.41) is 8.59. The molecule has 0 amide bonds. The summed E-state index contributed by atoms with van der Waals surface area (Å²) in [5.41, 5.74) is 0.466. The van der Waals surface area contributed by atoms with Gasteiger partial charge >= 0.3 is 11.9 Å². The van der Waals surface area contributed by atoms with Crippen molar-refractivity contribution in [2.45, 2.75) is 86.7 Å². The van der Waals surface area contributed by atoms with Crippen molar-refractivity contribution < 1.29 is 19.4 Å². The van der Waals surface area contributed by atoms with Crippen LogP contribution in [-0.2, 0) is 14.3 Å². The Labute approximate surface area is 160 Å². The van der Waals surface area contributed by atoms with E-state index in [2.05, 4.69) is 47.8 Å². The Balaban J connectivity index is 0. The van der Waals surface area contributed by atoms with Crippen molar-refractivity contribution in [3.63, 3.8) is 0 Å². The van der Waals surface area contributed by atoms with Crippen LogP contribution in [0.15, 0.2) is 24.3 Å². The number of carboxylic acid groups (broad SMARTS) is 1. The van der Waals surface area contributed by atoms with Gasteiger partial charge in [0.2, 0.25) is 0 Å². The molecule has 0 aliphatic heterocycles. The van der Waals surface area contributed by atoms with E-state index in [0.29, 0.717) is 41.7 Å². The Kier molecular flexibility index (Phi) is 13.0. The lowest BCUT2D eigenvalue weighted by Crippen LogP contribution is -2.35. The predicted octanol–water partition coefficient (Wildman–Crippen LogP) is 6.02. The second-order valence-corrected chi connectivity index (χ2v) is 7.74. The van der Waals surface area contributed by atoms with Gasteiger partial charge in [0.05, 0.1) is 0 Å². The van der Waals surface area contributed by atoms with Crippen molar-refractivity contribution >= 4 is 11.9 Å². The summed E-state index contributed by atoms with van der Waals surface area (Å²) in [5.74, 6) is 0.207. The summed E-state index contributed by atoms with van der Waals surface area (Å²) in [4.78, 5) is 21.9. The van der Waals surface area contributed by atoms with Crippen molar-refractivity contribution in [3.05, 3.63) is 24.3 Å². The number of carboxylic acids is 1. The molecule has 0 aliphatic carbocycles. The van der Waals surface area contributed by atoms with Crippen LogP contribution in [0.25, 0.3) is 0 Å². The molecule has 0 heterocycles. The molecule has 0 spiro atoms. The largest absolute Gasteiger partial charge is 0.478 e. The molecule has 26 heavy (non-hydrogen) atoms. The molecular formula is C22H40O4. The van der Waals surface area contributed by atoms with Crippen LogP contribution < -0.4 is 0 Å². The lowest BCUT2D eigenvalue weighted by Gasteiger charge is -2.31. The number of esters is 1. The van der Waals surface area contributed by atoms with Crippen LogP contribution in [0, 0.1) is 17.8 Å². The molecule has 0 aromatic carbocycles. The zero-order chi connectivity index (χ0) is 21.1. The molecule has 0 fully saturated rings. The lowest BCUT2D eigenvalue weighted by atomic mass is 9.88. The van der Waals surface area contributed by atoms with Crippen LogP contribution in [0.5, 0.6) is 0 Å². The first-order valence-electron chi connectivity index (χ1n) is 9.65. The SMILES string of the molecule is C=C(CC(C)C(C)CC)C(=O)O.C=C(CC)C(=O)OC(C)(C)C(C)CC.